The molecule has 0 spiro atoms. The largest absolute Gasteiger partial charge is 0.274 e. The molecule has 0 unspecified atom stereocenters. The fourth-order valence-electron chi connectivity index (χ4n) is 2.41. The lowest BCUT2D eigenvalue weighted by Gasteiger charge is -2.06. The third-order valence-corrected chi connectivity index (χ3v) is 4.64. The van der Waals surface area contributed by atoms with Crippen molar-refractivity contribution in [1.82, 2.24) is 9.78 Å². The molecule has 0 aliphatic rings. The van der Waals surface area contributed by atoms with Gasteiger partial charge in [-0.25, -0.2) is 4.68 Å². The van der Waals surface area contributed by atoms with E-state index in [9.17, 15) is 5.26 Å². The van der Waals surface area contributed by atoms with E-state index in [1.54, 1.807) is 4.68 Å². The second-order valence-electron chi connectivity index (χ2n) is 5.17. The zero-order chi connectivity index (χ0) is 16.2. The highest BCUT2D eigenvalue weighted by Crippen LogP contribution is 2.23. The summed E-state index contributed by atoms with van der Waals surface area (Å²) >= 11 is 1.42. The van der Waals surface area contributed by atoms with Gasteiger partial charge in [0, 0.05) is 0 Å². The van der Waals surface area contributed by atoms with Crippen LogP contribution in [0.5, 0.6) is 0 Å². The highest BCUT2D eigenvalue weighted by atomic mass is 32.1. The Hall–Kier alpha value is -2.71. The van der Waals surface area contributed by atoms with Crippen molar-refractivity contribution in [1.29, 1.82) is 10.7 Å². The highest BCUT2D eigenvalue weighted by molar-refractivity contribution is 7.08. The standard InChI is InChI=1S/C18H16N4S/c1-2-17-21-22(18(20)23-17)12-13-7-9-14(10-8-13)16-6-4-3-5-15(16)11-19/h3-10,20H,2,12H2,1H3. The molecule has 2 aromatic carbocycles. The normalized spacial score (nSPS) is 10.4. The molecule has 0 radical (unpaired) electrons. The quantitative estimate of drug-likeness (QED) is 0.798. The van der Waals surface area contributed by atoms with Crippen molar-refractivity contribution in [2.24, 2.45) is 0 Å². The van der Waals surface area contributed by atoms with Gasteiger partial charge in [0.15, 0.2) is 0 Å². The van der Waals surface area contributed by atoms with Gasteiger partial charge in [0.1, 0.15) is 5.01 Å². The van der Waals surface area contributed by atoms with Crippen molar-refractivity contribution in [3.8, 4) is 17.2 Å². The Bertz CT molecular complexity index is 913. The van der Waals surface area contributed by atoms with Crippen LogP contribution in [0.15, 0.2) is 48.5 Å². The van der Waals surface area contributed by atoms with Crippen LogP contribution >= 0.6 is 11.3 Å². The van der Waals surface area contributed by atoms with Crippen LogP contribution in [-0.2, 0) is 13.0 Å². The van der Waals surface area contributed by atoms with E-state index in [1.165, 1.54) is 11.3 Å². The van der Waals surface area contributed by atoms with Gasteiger partial charge in [-0.05, 0) is 29.2 Å². The number of benzene rings is 2. The molecular weight excluding hydrogens is 304 g/mol. The molecule has 5 heteroatoms. The Balaban J connectivity index is 1.86. The van der Waals surface area contributed by atoms with E-state index < -0.39 is 0 Å². The summed E-state index contributed by atoms with van der Waals surface area (Å²) in [4.78, 5) is 0.473. The van der Waals surface area contributed by atoms with E-state index in [-0.39, 0.29) is 0 Å². The molecule has 4 nitrogen and oxygen atoms in total. The number of nitrogens with one attached hydrogen (secondary N) is 1. The zero-order valence-corrected chi connectivity index (χ0v) is 13.6. The average molecular weight is 320 g/mol. The molecule has 0 bridgehead atoms. The van der Waals surface area contributed by atoms with Crippen LogP contribution in [0.1, 0.15) is 23.1 Å². The van der Waals surface area contributed by atoms with E-state index in [0.717, 1.165) is 28.1 Å². The Labute approximate surface area is 138 Å². The fraction of sp³-hybridized carbons (Fsp3) is 0.167. The van der Waals surface area contributed by atoms with Gasteiger partial charge in [-0.1, -0.05) is 60.7 Å². The van der Waals surface area contributed by atoms with Crippen LogP contribution in [0.25, 0.3) is 11.1 Å². The minimum atomic E-state index is 0.473. The third-order valence-electron chi connectivity index (χ3n) is 3.63. The Morgan fingerprint density at radius 2 is 1.91 bits per heavy atom. The maximum Gasteiger partial charge on any atom is 0.200 e. The summed E-state index contributed by atoms with van der Waals surface area (Å²) in [6, 6.07) is 17.9. The molecule has 0 aliphatic heterocycles. The van der Waals surface area contributed by atoms with Gasteiger partial charge in [0.05, 0.1) is 18.2 Å². The first-order chi connectivity index (χ1) is 11.2. The monoisotopic (exact) mass is 320 g/mol. The predicted molar refractivity (Wildman–Crippen MR) is 91.0 cm³/mol. The number of aryl methyl sites for hydroxylation is 1. The first-order valence-corrected chi connectivity index (χ1v) is 8.22. The zero-order valence-electron chi connectivity index (χ0n) is 12.8. The Kier molecular flexibility index (Phi) is 4.35. The van der Waals surface area contributed by atoms with Crippen molar-refractivity contribution in [3.05, 3.63) is 69.5 Å². The highest BCUT2D eigenvalue weighted by Gasteiger charge is 2.06. The SMILES string of the molecule is CCc1nn(Cc2ccc(-c3ccccc3C#N)cc2)c(=N)s1. The van der Waals surface area contributed by atoms with Crippen LogP contribution < -0.4 is 4.80 Å². The number of rotatable bonds is 4. The molecule has 23 heavy (non-hydrogen) atoms. The van der Waals surface area contributed by atoms with Gasteiger partial charge in [0.25, 0.3) is 0 Å². The molecule has 1 aromatic heterocycles. The van der Waals surface area contributed by atoms with E-state index in [1.807, 2.05) is 55.5 Å². The summed E-state index contributed by atoms with van der Waals surface area (Å²) < 4.78 is 1.72. The number of nitrogens with zero attached hydrogens (tertiary/aromatic N) is 3. The van der Waals surface area contributed by atoms with Crippen molar-refractivity contribution >= 4 is 11.3 Å². The first kappa shape index (κ1) is 15.2. The second kappa shape index (κ2) is 6.59. The summed E-state index contributed by atoms with van der Waals surface area (Å²) in [5, 5.41) is 22.6. The summed E-state index contributed by atoms with van der Waals surface area (Å²) in [6.45, 7) is 2.64. The predicted octanol–water partition coefficient (Wildman–Crippen LogP) is 3.57. The molecule has 0 atom stereocenters. The average Bonchev–Trinajstić information content (AvgIpc) is 2.95. The summed E-state index contributed by atoms with van der Waals surface area (Å²) in [5.74, 6) is 0. The lowest BCUT2D eigenvalue weighted by Crippen LogP contribution is -2.15. The second-order valence-corrected chi connectivity index (χ2v) is 6.23. The molecule has 0 saturated carbocycles. The van der Waals surface area contributed by atoms with Crippen molar-refractivity contribution < 1.29 is 0 Å². The number of nitriles is 1. The molecule has 0 amide bonds. The topological polar surface area (TPSA) is 65.5 Å². The number of hydrogen-bond acceptors (Lipinski definition) is 4. The Morgan fingerprint density at radius 3 is 2.57 bits per heavy atom. The summed E-state index contributed by atoms with van der Waals surface area (Å²) in [7, 11) is 0. The van der Waals surface area contributed by atoms with Gasteiger partial charge in [-0.15, -0.1) is 0 Å². The minimum absolute atomic E-state index is 0.473. The van der Waals surface area contributed by atoms with Gasteiger partial charge in [-0.2, -0.15) is 10.4 Å². The molecular formula is C18H16N4S. The fourth-order valence-corrected chi connectivity index (χ4v) is 3.13. The molecule has 1 N–H and O–H groups in total. The molecule has 3 aromatic rings. The molecule has 3 rings (SSSR count). The first-order valence-electron chi connectivity index (χ1n) is 7.41. The smallest absolute Gasteiger partial charge is 0.200 e. The molecule has 0 aliphatic carbocycles. The molecule has 0 fully saturated rings. The third kappa shape index (κ3) is 3.22. The van der Waals surface area contributed by atoms with E-state index in [0.29, 0.717) is 16.9 Å². The van der Waals surface area contributed by atoms with Crippen molar-refractivity contribution in [2.75, 3.05) is 0 Å². The van der Waals surface area contributed by atoms with Crippen molar-refractivity contribution in [3.63, 3.8) is 0 Å². The molecule has 1 heterocycles. The number of hydrogen-bond donors (Lipinski definition) is 1. The van der Waals surface area contributed by atoms with Crippen molar-refractivity contribution in [2.45, 2.75) is 19.9 Å². The maximum atomic E-state index is 9.20. The summed E-state index contributed by atoms with van der Waals surface area (Å²) in [5.41, 5.74) is 3.73. The van der Waals surface area contributed by atoms with E-state index in [2.05, 4.69) is 11.2 Å². The van der Waals surface area contributed by atoms with Gasteiger partial charge in [0.2, 0.25) is 4.80 Å². The Morgan fingerprint density at radius 1 is 1.17 bits per heavy atom. The van der Waals surface area contributed by atoms with Crippen LogP contribution in [0.4, 0.5) is 0 Å². The summed E-state index contributed by atoms with van der Waals surface area (Å²) in [6.07, 6.45) is 0.855. The van der Waals surface area contributed by atoms with Gasteiger partial charge in [-0.3, -0.25) is 5.41 Å². The lowest BCUT2D eigenvalue weighted by molar-refractivity contribution is 0.638. The van der Waals surface area contributed by atoms with Gasteiger partial charge >= 0.3 is 0 Å². The van der Waals surface area contributed by atoms with Crippen LogP contribution in [0, 0.1) is 16.7 Å². The maximum absolute atomic E-state index is 9.20. The van der Waals surface area contributed by atoms with E-state index in [4.69, 9.17) is 5.41 Å². The lowest BCUT2D eigenvalue weighted by atomic mass is 9.99. The van der Waals surface area contributed by atoms with Crippen LogP contribution in [0.3, 0.4) is 0 Å². The van der Waals surface area contributed by atoms with E-state index >= 15 is 0 Å². The minimum Gasteiger partial charge on any atom is -0.274 e. The van der Waals surface area contributed by atoms with Crippen LogP contribution in [-0.4, -0.2) is 9.78 Å². The van der Waals surface area contributed by atoms with Gasteiger partial charge < -0.3 is 0 Å². The molecule has 0 saturated heterocycles. The number of aromatic nitrogens is 2. The van der Waals surface area contributed by atoms with Crippen LogP contribution in [0.2, 0.25) is 0 Å². The molecule has 114 valence electrons.